The van der Waals surface area contributed by atoms with Crippen molar-refractivity contribution in [3.05, 3.63) is 58.9 Å². The van der Waals surface area contributed by atoms with Crippen LogP contribution in [0.2, 0.25) is 0 Å². The van der Waals surface area contributed by atoms with Gasteiger partial charge in [0.25, 0.3) is 5.91 Å². The molecule has 0 spiro atoms. The van der Waals surface area contributed by atoms with Crippen molar-refractivity contribution in [2.45, 2.75) is 33.4 Å². The first-order valence-corrected chi connectivity index (χ1v) is 9.14. The quantitative estimate of drug-likeness (QED) is 0.722. The highest BCUT2D eigenvalue weighted by Crippen LogP contribution is 2.21. The number of hydrogen-bond acceptors (Lipinski definition) is 6. The van der Waals surface area contributed by atoms with Gasteiger partial charge in [-0.25, -0.2) is 15.0 Å². The van der Waals surface area contributed by atoms with Crippen molar-refractivity contribution in [1.29, 1.82) is 0 Å². The van der Waals surface area contributed by atoms with E-state index in [4.69, 9.17) is 4.74 Å². The molecule has 0 saturated heterocycles. The molecule has 0 radical (unpaired) electrons. The summed E-state index contributed by atoms with van der Waals surface area (Å²) in [6.45, 7) is 6.03. The molecule has 1 aromatic carbocycles. The zero-order valence-electron chi connectivity index (χ0n) is 14.9. The van der Waals surface area contributed by atoms with Gasteiger partial charge in [0.2, 0.25) is 0 Å². The fourth-order valence-electron chi connectivity index (χ4n) is 2.30. The predicted octanol–water partition coefficient (Wildman–Crippen LogP) is 3.30. The lowest BCUT2D eigenvalue weighted by Crippen LogP contribution is -2.36. The summed E-state index contributed by atoms with van der Waals surface area (Å²) in [6.07, 6.45) is 2.76. The first kappa shape index (κ1) is 18.0. The molecule has 134 valence electrons. The van der Waals surface area contributed by atoms with E-state index in [-0.39, 0.29) is 5.91 Å². The first-order chi connectivity index (χ1) is 12.5. The number of aromatic nitrogens is 3. The minimum absolute atomic E-state index is 0.184. The SMILES string of the molecule is Cc1ccc(C)c(OC(C)C(=O)NCc2csc(-c3ncccn3)n2)c1. The van der Waals surface area contributed by atoms with Gasteiger partial charge in [-0.05, 0) is 44.0 Å². The number of nitrogens with one attached hydrogen (secondary N) is 1. The van der Waals surface area contributed by atoms with Crippen LogP contribution in [0.4, 0.5) is 0 Å². The average molecular weight is 368 g/mol. The standard InChI is InChI=1S/C19H20N4O2S/c1-12-5-6-13(2)16(9-12)25-14(3)18(24)22-10-15-11-26-19(23-15)17-20-7-4-8-21-17/h4-9,11,14H,10H2,1-3H3,(H,22,24). The molecule has 1 amide bonds. The summed E-state index contributed by atoms with van der Waals surface area (Å²) in [6, 6.07) is 7.70. The van der Waals surface area contributed by atoms with Crippen molar-refractivity contribution in [2.75, 3.05) is 0 Å². The van der Waals surface area contributed by atoms with E-state index in [0.29, 0.717) is 12.4 Å². The molecule has 2 heterocycles. The number of rotatable bonds is 6. The van der Waals surface area contributed by atoms with E-state index in [2.05, 4.69) is 20.3 Å². The van der Waals surface area contributed by atoms with Gasteiger partial charge in [-0.2, -0.15) is 0 Å². The summed E-state index contributed by atoms with van der Waals surface area (Å²) in [4.78, 5) is 25.1. The number of carbonyl (C=O) groups excluding carboxylic acids is 1. The summed E-state index contributed by atoms with van der Waals surface area (Å²) in [7, 11) is 0. The Bertz CT molecular complexity index is 896. The molecule has 2 aromatic heterocycles. The summed E-state index contributed by atoms with van der Waals surface area (Å²) in [5.41, 5.74) is 2.86. The molecule has 0 bridgehead atoms. The van der Waals surface area contributed by atoms with E-state index >= 15 is 0 Å². The molecule has 7 heteroatoms. The van der Waals surface area contributed by atoms with Gasteiger partial charge in [-0.15, -0.1) is 11.3 Å². The molecule has 0 aliphatic heterocycles. The number of nitrogens with zero attached hydrogens (tertiary/aromatic N) is 3. The fraction of sp³-hybridized carbons (Fsp3) is 0.263. The second-order valence-corrected chi connectivity index (χ2v) is 6.82. The summed E-state index contributed by atoms with van der Waals surface area (Å²) in [5.74, 6) is 1.13. The Morgan fingerprint density at radius 3 is 2.81 bits per heavy atom. The third-order valence-electron chi connectivity index (χ3n) is 3.77. The van der Waals surface area contributed by atoms with Crippen LogP contribution in [0.3, 0.4) is 0 Å². The summed E-state index contributed by atoms with van der Waals surface area (Å²) >= 11 is 1.45. The molecule has 26 heavy (non-hydrogen) atoms. The van der Waals surface area contributed by atoms with E-state index in [9.17, 15) is 4.79 Å². The van der Waals surface area contributed by atoms with Crippen molar-refractivity contribution >= 4 is 17.2 Å². The number of benzene rings is 1. The van der Waals surface area contributed by atoms with Gasteiger partial charge in [0.1, 0.15) is 5.75 Å². The second kappa shape index (κ2) is 8.05. The second-order valence-electron chi connectivity index (χ2n) is 5.96. The van der Waals surface area contributed by atoms with E-state index in [1.165, 1.54) is 11.3 Å². The summed E-state index contributed by atoms with van der Waals surface area (Å²) in [5, 5.41) is 5.48. The Labute approximate surface area is 156 Å². The number of hydrogen-bond donors (Lipinski definition) is 1. The van der Waals surface area contributed by atoms with Crippen LogP contribution in [0.5, 0.6) is 5.75 Å². The van der Waals surface area contributed by atoms with Gasteiger partial charge < -0.3 is 10.1 Å². The third kappa shape index (κ3) is 4.43. The van der Waals surface area contributed by atoms with Crippen LogP contribution in [0, 0.1) is 13.8 Å². The molecule has 3 aromatic rings. The predicted molar refractivity (Wildman–Crippen MR) is 101 cm³/mol. The van der Waals surface area contributed by atoms with Crippen molar-refractivity contribution in [2.24, 2.45) is 0 Å². The van der Waals surface area contributed by atoms with Gasteiger partial charge in [0, 0.05) is 17.8 Å². The molecule has 0 saturated carbocycles. The number of carbonyl (C=O) groups is 1. The maximum absolute atomic E-state index is 12.3. The first-order valence-electron chi connectivity index (χ1n) is 8.26. The largest absolute Gasteiger partial charge is 0.481 e. The molecule has 1 N–H and O–H groups in total. The van der Waals surface area contributed by atoms with Gasteiger partial charge in [0.15, 0.2) is 16.9 Å². The molecule has 0 aliphatic carbocycles. The van der Waals surface area contributed by atoms with Crippen molar-refractivity contribution in [1.82, 2.24) is 20.3 Å². The van der Waals surface area contributed by atoms with Gasteiger partial charge in [-0.3, -0.25) is 4.79 Å². The van der Waals surface area contributed by atoms with E-state index in [0.717, 1.165) is 27.6 Å². The topological polar surface area (TPSA) is 77.0 Å². The number of thiazole rings is 1. The van der Waals surface area contributed by atoms with E-state index in [1.54, 1.807) is 25.4 Å². The van der Waals surface area contributed by atoms with Crippen LogP contribution in [0.1, 0.15) is 23.7 Å². The zero-order chi connectivity index (χ0) is 18.5. The molecule has 0 aliphatic rings. The summed E-state index contributed by atoms with van der Waals surface area (Å²) < 4.78 is 5.80. The average Bonchev–Trinajstić information content (AvgIpc) is 3.12. The van der Waals surface area contributed by atoms with Crippen LogP contribution in [-0.2, 0) is 11.3 Å². The smallest absolute Gasteiger partial charge is 0.261 e. The normalized spacial score (nSPS) is 11.8. The monoisotopic (exact) mass is 368 g/mol. The van der Waals surface area contributed by atoms with Crippen molar-refractivity contribution in [3.8, 4) is 16.6 Å². The molecule has 6 nitrogen and oxygen atoms in total. The third-order valence-corrected chi connectivity index (χ3v) is 4.66. The minimum atomic E-state index is -0.592. The van der Waals surface area contributed by atoms with Gasteiger partial charge in [0.05, 0.1) is 12.2 Å². The lowest BCUT2D eigenvalue weighted by Gasteiger charge is -2.16. The van der Waals surface area contributed by atoms with Gasteiger partial charge >= 0.3 is 0 Å². The number of ether oxygens (including phenoxy) is 1. The number of aryl methyl sites for hydroxylation is 2. The Hall–Kier alpha value is -2.80. The highest BCUT2D eigenvalue weighted by molar-refractivity contribution is 7.13. The molecule has 0 fully saturated rings. The Kier molecular flexibility index (Phi) is 5.58. The molecule has 3 rings (SSSR count). The fourth-order valence-corrected chi connectivity index (χ4v) is 3.06. The lowest BCUT2D eigenvalue weighted by molar-refractivity contribution is -0.127. The molecule has 1 unspecified atom stereocenters. The molecular weight excluding hydrogens is 348 g/mol. The highest BCUT2D eigenvalue weighted by atomic mass is 32.1. The lowest BCUT2D eigenvalue weighted by atomic mass is 10.1. The molecular formula is C19H20N4O2S. The Morgan fingerprint density at radius 2 is 2.04 bits per heavy atom. The van der Waals surface area contributed by atoms with Crippen LogP contribution < -0.4 is 10.1 Å². The van der Waals surface area contributed by atoms with E-state index in [1.807, 2.05) is 37.4 Å². The highest BCUT2D eigenvalue weighted by Gasteiger charge is 2.16. The van der Waals surface area contributed by atoms with Crippen molar-refractivity contribution < 1.29 is 9.53 Å². The van der Waals surface area contributed by atoms with Crippen LogP contribution in [0.15, 0.2) is 42.0 Å². The Morgan fingerprint density at radius 1 is 1.27 bits per heavy atom. The van der Waals surface area contributed by atoms with Crippen molar-refractivity contribution in [3.63, 3.8) is 0 Å². The maximum atomic E-state index is 12.3. The number of amides is 1. The van der Waals surface area contributed by atoms with Crippen LogP contribution in [-0.4, -0.2) is 27.0 Å². The van der Waals surface area contributed by atoms with Crippen LogP contribution in [0.25, 0.3) is 10.8 Å². The molecule has 1 atom stereocenters. The van der Waals surface area contributed by atoms with E-state index < -0.39 is 6.10 Å². The maximum Gasteiger partial charge on any atom is 0.261 e. The zero-order valence-corrected chi connectivity index (χ0v) is 15.7. The van der Waals surface area contributed by atoms with Crippen LogP contribution >= 0.6 is 11.3 Å². The Balaban J connectivity index is 1.57. The minimum Gasteiger partial charge on any atom is -0.481 e. The van der Waals surface area contributed by atoms with Gasteiger partial charge in [-0.1, -0.05) is 12.1 Å².